The van der Waals surface area contributed by atoms with Crippen LogP contribution < -0.4 is 5.73 Å². The van der Waals surface area contributed by atoms with E-state index in [1.54, 1.807) is 6.92 Å². The van der Waals surface area contributed by atoms with E-state index in [4.69, 9.17) is 0 Å². The Hall–Kier alpha value is -0.990. The molecule has 3 heteroatoms. The van der Waals surface area contributed by atoms with Crippen molar-refractivity contribution in [2.75, 3.05) is 6.61 Å². The van der Waals surface area contributed by atoms with Crippen LogP contribution >= 0.6 is 0 Å². The molecule has 2 N–H and O–H groups in total. The zero-order valence-corrected chi connectivity index (χ0v) is 6.76. The van der Waals surface area contributed by atoms with E-state index >= 15 is 0 Å². The maximum Gasteiger partial charge on any atom is 0.404 e. The molecular formula is C7H15NO2. The van der Waals surface area contributed by atoms with Crippen LogP contribution in [0.3, 0.4) is 0 Å². The zero-order valence-electron chi connectivity index (χ0n) is 6.76. The van der Waals surface area contributed by atoms with Gasteiger partial charge in [0.2, 0.25) is 0 Å². The molecule has 3 nitrogen and oxygen atoms in total. The first-order valence-electron chi connectivity index (χ1n) is 3.18. The predicted octanol–water partition coefficient (Wildman–Crippen LogP) is 1.68. The number of carbonyl (C=O) groups excluding carboxylic acids is 1. The van der Waals surface area contributed by atoms with Gasteiger partial charge in [-0.15, -0.1) is 0 Å². The summed E-state index contributed by atoms with van der Waals surface area (Å²) in [5, 5.41) is 0. The van der Waals surface area contributed by atoms with Gasteiger partial charge in [-0.25, -0.2) is 4.79 Å². The van der Waals surface area contributed by atoms with Crippen LogP contribution in [0, 0.1) is 0 Å². The molecule has 0 unspecified atom stereocenters. The molecule has 0 rings (SSSR count). The zero-order chi connectivity index (χ0) is 8.41. The summed E-state index contributed by atoms with van der Waals surface area (Å²) in [6.07, 6.45) is 3.29. The highest BCUT2D eigenvalue weighted by atomic mass is 16.5. The van der Waals surface area contributed by atoms with E-state index in [2.05, 4.69) is 10.5 Å². The number of carbonyl (C=O) groups is 1. The van der Waals surface area contributed by atoms with Crippen LogP contribution in [0.1, 0.15) is 20.8 Å². The van der Waals surface area contributed by atoms with Crippen molar-refractivity contribution in [1.29, 1.82) is 0 Å². The summed E-state index contributed by atoms with van der Waals surface area (Å²) < 4.78 is 4.18. The third-order valence-electron chi connectivity index (χ3n) is 0.620. The highest BCUT2D eigenvalue weighted by Crippen LogP contribution is 1.66. The molecule has 0 aromatic heterocycles. The predicted molar refractivity (Wildman–Crippen MR) is 41.7 cm³/mol. The number of amides is 1. The summed E-state index contributed by atoms with van der Waals surface area (Å²) in [5.41, 5.74) is 4.54. The summed E-state index contributed by atoms with van der Waals surface area (Å²) >= 11 is 0. The first-order chi connectivity index (χ1) is 4.68. The smallest absolute Gasteiger partial charge is 0.404 e. The Morgan fingerprint density at radius 2 is 1.90 bits per heavy atom. The van der Waals surface area contributed by atoms with Crippen molar-refractivity contribution < 1.29 is 9.53 Å². The van der Waals surface area contributed by atoms with Crippen LogP contribution in [-0.4, -0.2) is 12.7 Å². The second-order valence-corrected chi connectivity index (χ2v) is 1.42. The quantitative estimate of drug-likeness (QED) is 0.571. The van der Waals surface area contributed by atoms with Gasteiger partial charge in [-0.1, -0.05) is 12.2 Å². The number of allylic oxidation sites excluding steroid dienone is 2. The second kappa shape index (κ2) is 10.9. The third-order valence-corrected chi connectivity index (χ3v) is 0.620. The Kier molecular flexibility index (Phi) is 12.8. The fourth-order valence-electron chi connectivity index (χ4n) is 0.142. The monoisotopic (exact) mass is 145 g/mol. The first-order valence-corrected chi connectivity index (χ1v) is 3.18. The molecule has 0 atom stereocenters. The lowest BCUT2D eigenvalue weighted by molar-refractivity contribution is 0.163. The van der Waals surface area contributed by atoms with Crippen LogP contribution in [-0.2, 0) is 4.74 Å². The van der Waals surface area contributed by atoms with Crippen molar-refractivity contribution in [1.82, 2.24) is 0 Å². The molecule has 0 saturated carbocycles. The third kappa shape index (κ3) is 27.9. The summed E-state index contributed by atoms with van der Waals surface area (Å²) in [5.74, 6) is 0. The van der Waals surface area contributed by atoms with Gasteiger partial charge in [-0.2, -0.15) is 0 Å². The first kappa shape index (κ1) is 11.8. The van der Waals surface area contributed by atoms with Crippen molar-refractivity contribution in [2.45, 2.75) is 20.8 Å². The summed E-state index contributed by atoms with van der Waals surface area (Å²) in [6.45, 7) is 6.06. The second-order valence-electron chi connectivity index (χ2n) is 1.42. The average Bonchev–Trinajstić information content (AvgIpc) is 1.89. The normalized spacial score (nSPS) is 8.30. The lowest BCUT2D eigenvalue weighted by atomic mass is 10.6. The molecular weight excluding hydrogens is 130 g/mol. The minimum absolute atomic E-state index is 0.356. The van der Waals surface area contributed by atoms with Crippen LogP contribution in [0.15, 0.2) is 12.2 Å². The number of hydrogen-bond donors (Lipinski definition) is 1. The maximum atomic E-state index is 9.60. The molecule has 0 radical (unpaired) electrons. The molecule has 0 fully saturated rings. The molecule has 0 aliphatic carbocycles. The molecule has 0 spiro atoms. The van der Waals surface area contributed by atoms with Crippen LogP contribution in [0.2, 0.25) is 0 Å². The number of ether oxygens (including phenoxy) is 1. The SMILES string of the molecule is CC=CC.CCOC(N)=O. The van der Waals surface area contributed by atoms with Gasteiger partial charge in [0.15, 0.2) is 0 Å². The topological polar surface area (TPSA) is 52.3 Å². The van der Waals surface area contributed by atoms with Crippen molar-refractivity contribution >= 4 is 6.09 Å². The molecule has 0 bridgehead atoms. The fourth-order valence-corrected chi connectivity index (χ4v) is 0.142. The van der Waals surface area contributed by atoms with Crippen LogP contribution in [0.4, 0.5) is 4.79 Å². The van der Waals surface area contributed by atoms with E-state index in [0.29, 0.717) is 6.61 Å². The molecule has 0 aromatic carbocycles. The standard InChI is InChI=1S/C4H8.C3H7NO2/c1-3-4-2;1-2-6-3(4)5/h3-4H,1-2H3;2H2,1H3,(H2,4,5). The van der Waals surface area contributed by atoms with Crippen LogP contribution in [0.25, 0.3) is 0 Å². The van der Waals surface area contributed by atoms with Crippen molar-refractivity contribution in [2.24, 2.45) is 5.73 Å². The lowest BCUT2D eigenvalue weighted by Gasteiger charge is -1.89. The Morgan fingerprint density at radius 1 is 1.50 bits per heavy atom. The fraction of sp³-hybridized carbons (Fsp3) is 0.571. The van der Waals surface area contributed by atoms with E-state index in [-0.39, 0.29) is 0 Å². The molecule has 0 heterocycles. The number of rotatable bonds is 1. The average molecular weight is 145 g/mol. The van der Waals surface area contributed by atoms with E-state index in [1.165, 1.54) is 0 Å². The van der Waals surface area contributed by atoms with Gasteiger partial charge in [0.1, 0.15) is 0 Å². The summed E-state index contributed by atoms with van der Waals surface area (Å²) in [4.78, 5) is 9.60. The minimum Gasteiger partial charge on any atom is -0.450 e. The van der Waals surface area contributed by atoms with E-state index < -0.39 is 6.09 Å². The number of nitrogens with two attached hydrogens (primary N) is 1. The van der Waals surface area contributed by atoms with Gasteiger partial charge in [0.05, 0.1) is 6.61 Å². The summed E-state index contributed by atoms with van der Waals surface area (Å²) in [6, 6.07) is 0. The van der Waals surface area contributed by atoms with Gasteiger partial charge < -0.3 is 10.5 Å². The molecule has 0 aliphatic heterocycles. The Bertz CT molecular complexity index is 95.8. The molecule has 0 aromatic rings. The highest BCUT2D eigenvalue weighted by molar-refractivity contribution is 5.64. The molecule has 0 saturated heterocycles. The summed E-state index contributed by atoms with van der Waals surface area (Å²) in [7, 11) is 0. The highest BCUT2D eigenvalue weighted by Gasteiger charge is 1.82. The Balaban J connectivity index is 0. The van der Waals surface area contributed by atoms with E-state index in [9.17, 15) is 4.79 Å². The van der Waals surface area contributed by atoms with E-state index in [0.717, 1.165) is 0 Å². The molecule has 10 heavy (non-hydrogen) atoms. The maximum absolute atomic E-state index is 9.60. The van der Waals surface area contributed by atoms with Gasteiger partial charge in [-0.3, -0.25) is 0 Å². The van der Waals surface area contributed by atoms with Crippen LogP contribution in [0.5, 0.6) is 0 Å². The minimum atomic E-state index is -0.711. The lowest BCUT2D eigenvalue weighted by Crippen LogP contribution is -2.11. The number of hydrogen-bond acceptors (Lipinski definition) is 2. The van der Waals surface area contributed by atoms with Gasteiger partial charge >= 0.3 is 6.09 Å². The largest absolute Gasteiger partial charge is 0.450 e. The van der Waals surface area contributed by atoms with Gasteiger partial charge in [0, 0.05) is 0 Å². The van der Waals surface area contributed by atoms with Gasteiger partial charge in [0.25, 0.3) is 0 Å². The Labute approximate surface area is 61.9 Å². The van der Waals surface area contributed by atoms with Crippen molar-refractivity contribution in [3.8, 4) is 0 Å². The van der Waals surface area contributed by atoms with Crippen molar-refractivity contribution in [3.63, 3.8) is 0 Å². The molecule has 0 aliphatic rings. The van der Waals surface area contributed by atoms with E-state index in [1.807, 2.05) is 26.0 Å². The van der Waals surface area contributed by atoms with Crippen molar-refractivity contribution in [3.05, 3.63) is 12.2 Å². The Morgan fingerprint density at radius 3 is 1.90 bits per heavy atom. The molecule has 1 amide bonds. The van der Waals surface area contributed by atoms with Gasteiger partial charge in [-0.05, 0) is 20.8 Å². The molecule has 60 valence electrons. The number of primary amides is 1.